The van der Waals surface area contributed by atoms with Crippen molar-refractivity contribution in [3.63, 3.8) is 0 Å². The van der Waals surface area contributed by atoms with Gasteiger partial charge in [-0.2, -0.15) is 5.26 Å². The molecule has 0 aliphatic carbocycles. The molecule has 26 heavy (non-hydrogen) atoms. The Hall–Kier alpha value is -3.65. The molecule has 3 aromatic rings. The summed E-state index contributed by atoms with van der Waals surface area (Å²) < 4.78 is 0. The quantitative estimate of drug-likeness (QED) is 0.723. The Balaban J connectivity index is 1.95. The van der Waals surface area contributed by atoms with E-state index < -0.39 is 0 Å². The van der Waals surface area contributed by atoms with Gasteiger partial charge in [-0.25, -0.2) is 0 Å². The summed E-state index contributed by atoms with van der Waals surface area (Å²) in [6, 6.07) is 17.6. The minimum absolute atomic E-state index is 0.201. The number of hydrogen-bond donors (Lipinski definition) is 1. The summed E-state index contributed by atoms with van der Waals surface area (Å²) in [6.45, 7) is 4.34. The summed E-state index contributed by atoms with van der Waals surface area (Å²) in [6.07, 6.45) is 1.63. The number of carbonyl (C=O) groups excluding carboxylic acids is 1. The van der Waals surface area contributed by atoms with Crippen molar-refractivity contribution in [3.8, 4) is 6.07 Å². The van der Waals surface area contributed by atoms with E-state index in [9.17, 15) is 9.59 Å². The maximum absolute atomic E-state index is 12.9. The van der Waals surface area contributed by atoms with Crippen LogP contribution >= 0.6 is 0 Å². The topological polar surface area (TPSA) is 77.0 Å². The minimum atomic E-state index is -0.296. The number of nitrogens with one attached hydrogen (secondary N) is 1. The van der Waals surface area contributed by atoms with Gasteiger partial charge in [0.15, 0.2) is 5.43 Å². The molecule has 0 spiro atoms. The monoisotopic (exact) mass is 343 g/mol. The van der Waals surface area contributed by atoms with Crippen LogP contribution in [0.4, 0.5) is 0 Å². The lowest BCUT2D eigenvalue weighted by atomic mass is 10.1. The largest absolute Gasteiger partial charge is 0.350 e. The standard InChI is InChI=1S/C21H17N3O2/c1-2-10-24(14-16-7-5-6-15(11-16)13-22)21(26)19-12-20(25)17-8-3-4-9-18(17)23-19/h2-9,11-12H,1,10,14H2,(H,23,25). The summed E-state index contributed by atoms with van der Waals surface area (Å²) in [5.74, 6) is -0.296. The fraction of sp³-hybridized carbons (Fsp3) is 0.0952. The van der Waals surface area contributed by atoms with Crippen molar-refractivity contribution in [1.29, 1.82) is 5.26 Å². The van der Waals surface area contributed by atoms with Crippen LogP contribution in [0.2, 0.25) is 0 Å². The second kappa shape index (κ2) is 7.49. The molecule has 0 radical (unpaired) electrons. The van der Waals surface area contributed by atoms with E-state index in [-0.39, 0.29) is 17.0 Å². The molecule has 1 N–H and O–H groups in total. The Kier molecular flexibility index (Phi) is 4.95. The molecule has 1 amide bonds. The predicted octanol–water partition coefficient (Wildman–Crippen LogP) is 3.23. The van der Waals surface area contributed by atoms with E-state index in [4.69, 9.17) is 5.26 Å². The number of fused-ring (bicyclic) bond motifs is 1. The molecular weight excluding hydrogens is 326 g/mol. The third-order valence-corrected chi connectivity index (χ3v) is 4.03. The highest BCUT2D eigenvalue weighted by atomic mass is 16.2. The second-order valence-corrected chi connectivity index (χ2v) is 5.88. The molecule has 0 saturated heterocycles. The van der Waals surface area contributed by atoms with Gasteiger partial charge in [0.25, 0.3) is 5.91 Å². The molecule has 0 fully saturated rings. The lowest BCUT2D eigenvalue weighted by molar-refractivity contribution is 0.0757. The molecule has 3 rings (SSSR count). The van der Waals surface area contributed by atoms with Crippen LogP contribution in [0.5, 0.6) is 0 Å². The number of aromatic amines is 1. The Morgan fingerprint density at radius 1 is 1.19 bits per heavy atom. The molecule has 2 aromatic carbocycles. The lowest BCUT2D eigenvalue weighted by Crippen LogP contribution is -2.32. The van der Waals surface area contributed by atoms with Crippen molar-refractivity contribution >= 4 is 16.8 Å². The highest BCUT2D eigenvalue weighted by Gasteiger charge is 2.17. The van der Waals surface area contributed by atoms with Gasteiger partial charge < -0.3 is 9.88 Å². The molecule has 1 aromatic heterocycles. The summed E-state index contributed by atoms with van der Waals surface area (Å²) in [5.41, 5.74) is 2.02. The number of para-hydroxylation sites is 1. The van der Waals surface area contributed by atoms with Crippen molar-refractivity contribution < 1.29 is 4.79 Å². The molecule has 0 atom stereocenters. The summed E-state index contributed by atoms with van der Waals surface area (Å²) >= 11 is 0. The van der Waals surface area contributed by atoms with Crippen LogP contribution in [0, 0.1) is 11.3 Å². The fourth-order valence-corrected chi connectivity index (χ4v) is 2.82. The first-order chi connectivity index (χ1) is 12.6. The number of pyridine rings is 1. The highest BCUT2D eigenvalue weighted by molar-refractivity contribution is 5.94. The molecular formula is C21H17N3O2. The number of nitriles is 1. The first kappa shape index (κ1) is 17.2. The Morgan fingerprint density at radius 3 is 2.77 bits per heavy atom. The molecule has 0 aliphatic heterocycles. The van der Waals surface area contributed by atoms with Crippen molar-refractivity contribution in [1.82, 2.24) is 9.88 Å². The number of benzene rings is 2. The van der Waals surface area contributed by atoms with Crippen LogP contribution in [-0.2, 0) is 6.54 Å². The average Bonchev–Trinajstić information content (AvgIpc) is 2.67. The lowest BCUT2D eigenvalue weighted by Gasteiger charge is -2.21. The van der Waals surface area contributed by atoms with E-state index >= 15 is 0 Å². The van der Waals surface area contributed by atoms with Crippen LogP contribution < -0.4 is 5.43 Å². The van der Waals surface area contributed by atoms with Gasteiger partial charge in [0, 0.05) is 30.1 Å². The second-order valence-electron chi connectivity index (χ2n) is 5.88. The number of nitrogens with zero attached hydrogens (tertiary/aromatic N) is 2. The SMILES string of the molecule is C=CCN(Cc1cccc(C#N)c1)C(=O)c1cc(=O)c2ccccc2[nH]1. The van der Waals surface area contributed by atoms with E-state index in [1.54, 1.807) is 53.4 Å². The molecule has 1 heterocycles. The van der Waals surface area contributed by atoms with Gasteiger partial charge in [-0.3, -0.25) is 9.59 Å². The van der Waals surface area contributed by atoms with Crippen molar-refractivity contribution in [2.45, 2.75) is 6.54 Å². The third-order valence-electron chi connectivity index (χ3n) is 4.03. The number of hydrogen-bond acceptors (Lipinski definition) is 3. The molecule has 0 saturated carbocycles. The molecule has 0 unspecified atom stereocenters. The van der Waals surface area contributed by atoms with E-state index in [0.717, 1.165) is 5.56 Å². The van der Waals surface area contributed by atoms with Gasteiger partial charge in [-0.05, 0) is 29.8 Å². The van der Waals surface area contributed by atoms with Gasteiger partial charge in [-0.1, -0.05) is 30.3 Å². The van der Waals surface area contributed by atoms with Gasteiger partial charge in [0.2, 0.25) is 0 Å². The maximum Gasteiger partial charge on any atom is 0.271 e. The number of amides is 1. The molecule has 5 heteroatoms. The summed E-state index contributed by atoms with van der Waals surface area (Å²) in [4.78, 5) is 29.8. The third kappa shape index (κ3) is 3.55. The van der Waals surface area contributed by atoms with Crippen LogP contribution in [0.3, 0.4) is 0 Å². The summed E-state index contributed by atoms with van der Waals surface area (Å²) in [7, 11) is 0. The predicted molar refractivity (Wildman–Crippen MR) is 101 cm³/mol. The van der Waals surface area contributed by atoms with Crippen molar-refractivity contribution in [2.24, 2.45) is 0 Å². The van der Waals surface area contributed by atoms with Gasteiger partial charge in [0.05, 0.1) is 11.6 Å². The Morgan fingerprint density at radius 2 is 2.00 bits per heavy atom. The highest BCUT2D eigenvalue weighted by Crippen LogP contribution is 2.13. The van der Waals surface area contributed by atoms with Crippen LogP contribution in [-0.4, -0.2) is 22.3 Å². The fourth-order valence-electron chi connectivity index (χ4n) is 2.82. The zero-order valence-electron chi connectivity index (χ0n) is 14.1. The minimum Gasteiger partial charge on any atom is -0.350 e. The smallest absolute Gasteiger partial charge is 0.271 e. The van der Waals surface area contributed by atoms with E-state index in [1.165, 1.54) is 6.07 Å². The van der Waals surface area contributed by atoms with Gasteiger partial charge >= 0.3 is 0 Å². The maximum atomic E-state index is 12.9. The van der Waals surface area contributed by atoms with Crippen LogP contribution in [0.25, 0.3) is 10.9 Å². The van der Waals surface area contributed by atoms with E-state index in [1.807, 2.05) is 6.07 Å². The first-order valence-electron chi connectivity index (χ1n) is 8.13. The molecule has 0 aliphatic rings. The van der Waals surface area contributed by atoms with Gasteiger partial charge in [0.1, 0.15) is 5.69 Å². The number of rotatable bonds is 5. The van der Waals surface area contributed by atoms with E-state index in [2.05, 4.69) is 17.6 Å². The van der Waals surface area contributed by atoms with Crippen LogP contribution in [0.15, 0.2) is 72.0 Å². The Bertz CT molecular complexity index is 1080. The summed E-state index contributed by atoms with van der Waals surface area (Å²) in [5, 5.41) is 9.57. The zero-order chi connectivity index (χ0) is 18.5. The van der Waals surface area contributed by atoms with Crippen molar-refractivity contribution in [2.75, 3.05) is 6.54 Å². The van der Waals surface area contributed by atoms with Crippen LogP contribution in [0.1, 0.15) is 21.6 Å². The molecule has 0 bridgehead atoms. The first-order valence-corrected chi connectivity index (χ1v) is 8.13. The normalized spacial score (nSPS) is 10.3. The zero-order valence-corrected chi connectivity index (χ0v) is 14.1. The Labute approximate surface area is 150 Å². The van der Waals surface area contributed by atoms with Crippen molar-refractivity contribution in [3.05, 3.63) is 94.3 Å². The average molecular weight is 343 g/mol. The van der Waals surface area contributed by atoms with Gasteiger partial charge in [-0.15, -0.1) is 6.58 Å². The number of H-pyrrole nitrogens is 1. The molecule has 128 valence electrons. The number of carbonyl (C=O) groups is 1. The number of aromatic nitrogens is 1. The molecule has 5 nitrogen and oxygen atoms in total. The van der Waals surface area contributed by atoms with E-state index in [0.29, 0.717) is 29.6 Å².